The Balaban J connectivity index is 2.20. The molecule has 0 aliphatic rings. The van der Waals surface area contributed by atoms with Crippen molar-refractivity contribution in [3.63, 3.8) is 0 Å². The molecular formula is C18H25BrN4O. The van der Waals surface area contributed by atoms with Crippen LogP contribution in [0.2, 0.25) is 0 Å². The molecule has 1 aromatic heterocycles. The van der Waals surface area contributed by atoms with Gasteiger partial charge in [-0.05, 0) is 66.0 Å². The average molecular weight is 393 g/mol. The number of benzene rings is 1. The molecule has 0 radical (unpaired) electrons. The third-order valence-corrected chi connectivity index (χ3v) is 5.27. The molecule has 2 aromatic rings. The van der Waals surface area contributed by atoms with Crippen LogP contribution in [0.5, 0.6) is 0 Å². The lowest BCUT2D eigenvalue weighted by molar-refractivity contribution is 0.0740. The fourth-order valence-corrected chi connectivity index (χ4v) is 2.87. The molecule has 5 nitrogen and oxygen atoms in total. The molecular weight excluding hydrogens is 368 g/mol. The van der Waals surface area contributed by atoms with Crippen molar-refractivity contribution in [2.75, 3.05) is 20.1 Å². The largest absolute Gasteiger partial charge is 0.341 e. The number of rotatable bonds is 5. The van der Waals surface area contributed by atoms with Crippen LogP contribution in [-0.4, -0.2) is 40.7 Å². The lowest BCUT2D eigenvalue weighted by Gasteiger charge is -2.29. The third kappa shape index (κ3) is 3.87. The van der Waals surface area contributed by atoms with E-state index in [0.29, 0.717) is 18.7 Å². The number of halogens is 1. The maximum absolute atomic E-state index is 12.6. The van der Waals surface area contributed by atoms with Crippen LogP contribution in [0.25, 0.3) is 5.69 Å². The van der Waals surface area contributed by atoms with E-state index < -0.39 is 0 Å². The molecule has 6 heteroatoms. The lowest BCUT2D eigenvalue weighted by atomic mass is 9.93. The molecule has 0 bridgehead atoms. The molecule has 1 heterocycles. The Morgan fingerprint density at radius 2 is 1.88 bits per heavy atom. The van der Waals surface area contributed by atoms with Crippen molar-refractivity contribution in [2.45, 2.75) is 27.7 Å². The first-order chi connectivity index (χ1) is 11.2. The van der Waals surface area contributed by atoms with Crippen molar-refractivity contribution in [2.24, 2.45) is 11.1 Å². The van der Waals surface area contributed by atoms with Gasteiger partial charge in [-0.3, -0.25) is 4.79 Å². The molecule has 0 unspecified atom stereocenters. The van der Waals surface area contributed by atoms with Crippen LogP contribution in [-0.2, 0) is 0 Å². The SMILES string of the molecule is Cc1nn(-c2ccc(C(=O)N(C)CC(C)(C)CN)cc2)c(C)c1Br. The maximum Gasteiger partial charge on any atom is 0.253 e. The first-order valence-corrected chi connectivity index (χ1v) is 8.73. The van der Waals surface area contributed by atoms with E-state index in [-0.39, 0.29) is 11.3 Å². The summed E-state index contributed by atoms with van der Waals surface area (Å²) >= 11 is 3.53. The van der Waals surface area contributed by atoms with Crippen LogP contribution in [0.3, 0.4) is 0 Å². The molecule has 0 atom stereocenters. The fourth-order valence-electron chi connectivity index (χ4n) is 2.62. The van der Waals surface area contributed by atoms with Crippen molar-refractivity contribution in [3.8, 4) is 5.69 Å². The van der Waals surface area contributed by atoms with E-state index in [1.54, 1.807) is 4.90 Å². The highest BCUT2D eigenvalue weighted by Crippen LogP contribution is 2.23. The highest BCUT2D eigenvalue weighted by atomic mass is 79.9. The van der Waals surface area contributed by atoms with Gasteiger partial charge >= 0.3 is 0 Å². The summed E-state index contributed by atoms with van der Waals surface area (Å²) < 4.78 is 2.88. The van der Waals surface area contributed by atoms with Crippen LogP contribution < -0.4 is 5.73 Å². The minimum atomic E-state index is -0.0969. The van der Waals surface area contributed by atoms with E-state index in [0.717, 1.165) is 21.5 Å². The van der Waals surface area contributed by atoms with Gasteiger partial charge < -0.3 is 10.6 Å². The highest BCUT2D eigenvalue weighted by molar-refractivity contribution is 9.10. The number of carbonyl (C=O) groups excluding carboxylic acids is 1. The number of nitrogens with zero attached hydrogens (tertiary/aromatic N) is 3. The minimum absolute atomic E-state index is 0.00220. The second-order valence-corrected chi connectivity index (χ2v) is 7.77. The van der Waals surface area contributed by atoms with E-state index in [2.05, 4.69) is 34.9 Å². The molecule has 0 aliphatic carbocycles. The molecule has 1 aromatic carbocycles. The van der Waals surface area contributed by atoms with E-state index in [9.17, 15) is 4.79 Å². The number of hydrogen-bond donors (Lipinski definition) is 1. The molecule has 130 valence electrons. The molecule has 0 saturated carbocycles. The molecule has 24 heavy (non-hydrogen) atoms. The Kier molecular flexibility index (Phi) is 5.50. The van der Waals surface area contributed by atoms with Crippen molar-refractivity contribution < 1.29 is 4.79 Å². The molecule has 0 saturated heterocycles. The number of carbonyl (C=O) groups is 1. The summed E-state index contributed by atoms with van der Waals surface area (Å²) in [6.45, 7) is 9.23. The van der Waals surface area contributed by atoms with Crippen molar-refractivity contribution in [1.82, 2.24) is 14.7 Å². The number of nitrogens with two attached hydrogens (primary N) is 1. The summed E-state index contributed by atoms with van der Waals surface area (Å²) in [5.74, 6) is -0.00220. The maximum atomic E-state index is 12.6. The lowest BCUT2D eigenvalue weighted by Crippen LogP contribution is -2.39. The molecule has 2 rings (SSSR count). The van der Waals surface area contributed by atoms with Crippen molar-refractivity contribution in [3.05, 3.63) is 45.7 Å². The Morgan fingerprint density at radius 3 is 2.33 bits per heavy atom. The number of amides is 1. The van der Waals surface area contributed by atoms with Crippen LogP contribution >= 0.6 is 15.9 Å². The van der Waals surface area contributed by atoms with Gasteiger partial charge in [0.1, 0.15) is 0 Å². The molecule has 1 amide bonds. The topological polar surface area (TPSA) is 64.2 Å². The number of aryl methyl sites for hydroxylation is 1. The summed E-state index contributed by atoms with van der Waals surface area (Å²) in [4.78, 5) is 14.3. The van der Waals surface area contributed by atoms with Gasteiger partial charge in [-0.2, -0.15) is 5.10 Å². The first-order valence-electron chi connectivity index (χ1n) is 7.94. The number of hydrogen-bond acceptors (Lipinski definition) is 3. The van der Waals surface area contributed by atoms with E-state index >= 15 is 0 Å². The Bertz CT molecular complexity index is 734. The molecule has 0 aliphatic heterocycles. The van der Waals surface area contributed by atoms with Crippen LogP contribution in [0, 0.1) is 19.3 Å². The third-order valence-electron chi connectivity index (χ3n) is 4.13. The van der Waals surface area contributed by atoms with Crippen LogP contribution in [0.1, 0.15) is 35.6 Å². The number of aromatic nitrogens is 2. The monoisotopic (exact) mass is 392 g/mol. The van der Waals surface area contributed by atoms with Crippen LogP contribution in [0.4, 0.5) is 0 Å². The fraction of sp³-hybridized carbons (Fsp3) is 0.444. The summed E-state index contributed by atoms with van der Waals surface area (Å²) in [6.07, 6.45) is 0. The average Bonchev–Trinajstić information content (AvgIpc) is 2.81. The van der Waals surface area contributed by atoms with Gasteiger partial charge in [0, 0.05) is 19.2 Å². The Morgan fingerprint density at radius 1 is 1.29 bits per heavy atom. The standard InChI is InChI=1S/C18H25BrN4O/c1-12-16(19)13(2)23(21-12)15-8-6-14(7-9-15)17(24)22(5)11-18(3,4)10-20/h6-9H,10-11,20H2,1-5H3. The van der Waals surface area contributed by atoms with Gasteiger partial charge in [0.05, 0.1) is 21.5 Å². The quantitative estimate of drug-likeness (QED) is 0.848. The van der Waals surface area contributed by atoms with Crippen molar-refractivity contribution >= 4 is 21.8 Å². The van der Waals surface area contributed by atoms with Gasteiger partial charge in [0.2, 0.25) is 0 Å². The van der Waals surface area contributed by atoms with E-state index in [4.69, 9.17) is 5.73 Å². The van der Waals surface area contributed by atoms with Crippen LogP contribution in [0.15, 0.2) is 28.7 Å². The van der Waals surface area contributed by atoms with E-state index in [1.807, 2.05) is 49.8 Å². The summed E-state index contributed by atoms with van der Waals surface area (Å²) in [7, 11) is 1.81. The summed E-state index contributed by atoms with van der Waals surface area (Å²) in [5.41, 5.74) is 9.23. The summed E-state index contributed by atoms with van der Waals surface area (Å²) in [5, 5.41) is 4.51. The van der Waals surface area contributed by atoms with Gasteiger partial charge in [-0.15, -0.1) is 0 Å². The zero-order valence-electron chi connectivity index (χ0n) is 14.9. The Hall–Kier alpha value is -1.66. The molecule has 0 spiro atoms. The second-order valence-electron chi connectivity index (χ2n) is 6.97. The molecule has 0 fully saturated rings. The zero-order valence-corrected chi connectivity index (χ0v) is 16.5. The molecule has 2 N–H and O–H groups in total. The normalized spacial score (nSPS) is 11.6. The van der Waals surface area contributed by atoms with Gasteiger partial charge in [-0.1, -0.05) is 13.8 Å². The van der Waals surface area contributed by atoms with Gasteiger partial charge in [0.15, 0.2) is 0 Å². The van der Waals surface area contributed by atoms with Gasteiger partial charge in [-0.25, -0.2) is 4.68 Å². The Labute approximate surface area is 152 Å². The second kappa shape index (κ2) is 7.07. The smallest absolute Gasteiger partial charge is 0.253 e. The zero-order chi connectivity index (χ0) is 18.1. The minimum Gasteiger partial charge on any atom is -0.341 e. The predicted octanol–water partition coefficient (Wildman–Crippen LogP) is 3.31. The van der Waals surface area contributed by atoms with Gasteiger partial charge in [0.25, 0.3) is 5.91 Å². The predicted molar refractivity (Wildman–Crippen MR) is 101 cm³/mol. The summed E-state index contributed by atoms with van der Waals surface area (Å²) in [6, 6.07) is 7.52. The van der Waals surface area contributed by atoms with E-state index in [1.165, 1.54) is 0 Å². The first kappa shape index (κ1) is 18.7. The van der Waals surface area contributed by atoms with Crippen molar-refractivity contribution in [1.29, 1.82) is 0 Å². The highest BCUT2D eigenvalue weighted by Gasteiger charge is 2.22.